The van der Waals surface area contributed by atoms with Gasteiger partial charge in [0, 0.05) is 25.9 Å². The summed E-state index contributed by atoms with van der Waals surface area (Å²) in [5.41, 5.74) is 2.23. The normalized spacial score (nSPS) is 11.6. The first-order valence-electron chi connectivity index (χ1n) is 10.3. The fraction of sp³-hybridized carbons (Fsp3) is 0.280. The Labute approximate surface area is 187 Å². The minimum absolute atomic E-state index is 0.177. The Bertz CT molecular complexity index is 1070. The predicted molar refractivity (Wildman–Crippen MR) is 122 cm³/mol. The second-order valence-corrected chi connectivity index (χ2v) is 7.29. The number of carbonyl (C=O) groups excluding carboxylic acids is 1. The summed E-state index contributed by atoms with van der Waals surface area (Å²) in [6.45, 7) is 0.765. The van der Waals surface area contributed by atoms with Gasteiger partial charge in [-0.2, -0.15) is 0 Å². The first-order valence-corrected chi connectivity index (χ1v) is 10.3. The van der Waals surface area contributed by atoms with Crippen LogP contribution in [0.5, 0.6) is 11.5 Å². The predicted octanol–water partition coefficient (Wildman–Crippen LogP) is 3.23. The molecule has 1 unspecified atom stereocenters. The van der Waals surface area contributed by atoms with Crippen molar-refractivity contribution in [2.24, 2.45) is 0 Å². The van der Waals surface area contributed by atoms with Crippen LogP contribution in [0.1, 0.15) is 27.5 Å². The van der Waals surface area contributed by atoms with Crippen LogP contribution in [0.25, 0.3) is 0 Å². The fourth-order valence-electron chi connectivity index (χ4n) is 3.36. The summed E-state index contributed by atoms with van der Waals surface area (Å²) in [5, 5.41) is 3.11. The summed E-state index contributed by atoms with van der Waals surface area (Å²) in [4.78, 5) is 25.1. The number of hydrogen-bond donors (Lipinski definition) is 1. The maximum atomic E-state index is 13.1. The molecule has 1 heterocycles. The van der Waals surface area contributed by atoms with E-state index < -0.39 is 0 Å². The van der Waals surface area contributed by atoms with Gasteiger partial charge in [-0.25, -0.2) is 0 Å². The molecule has 168 valence electrons. The quantitative estimate of drug-likeness (QED) is 0.528. The highest BCUT2D eigenvalue weighted by atomic mass is 16.5. The molecular weight excluding hydrogens is 408 g/mol. The molecule has 0 bridgehead atoms. The number of rotatable bonds is 10. The highest BCUT2D eigenvalue weighted by Gasteiger charge is 2.18. The van der Waals surface area contributed by atoms with E-state index in [1.54, 1.807) is 33.6 Å². The van der Waals surface area contributed by atoms with Crippen molar-refractivity contribution in [3.05, 3.63) is 93.9 Å². The van der Waals surface area contributed by atoms with E-state index in [-0.39, 0.29) is 17.5 Å². The lowest BCUT2D eigenvalue weighted by atomic mass is 9.98. The third kappa shape index (κ3) is 5.98. The number of nitrogens with zero attached hydrogens (tertiary/aromatic N) is 1. The Kier molecular flexibility index (Phi) is 8.05. The molecule has 1 atom stereocenters. The van der Waals surface area contributed by atoms with E-state index in [1.807, 2.05) is 48.5 Å². The molecular formula is C25H28N2O5. The van der Waals surface area contributed by atoms with Crippen molar-refractivity contribution in [3.8, 4) is 11.5 Å². The topological polar surface area (TPSA) is 78.8 Å². The number of pyridine rings is 1. The average molecular weight is 437 g/mol. The van der Waals surface area contributed by atoms with Crippen molar-refractivity contribution in [1.29, 1.82) is 0 Å². The highest BCUT2D eigenvalue weighted by Crippen LogP contribution is 2.23. The standard InChI is InChI=1S/C25H28N2O5/c1-30-15-14-27-17-20(8-13-24(27)28)25(29)26-23(19-6-11-22(32-3)12-7-19)16-18-4-9-21(31-2)10-5-18/h4-13,17,23H,14-16H2,1-3H3,(H,26,29). The maximum absolute atomic E-state index is 13.1. The third-order valence-corrected chi connectivity index (χ3v) is 5.20. The molecule has 1 aromatic heterocycles. The lowest BCUT2D eigenvalue weighted by molar-refractivity contribution is 0.0935. The second kappa shape index (κ2) is 11.2. The number of ether oxygens (including phenoxy) is 3. The number of nitrogens with one attached hydrogen (secondary N) is 1. The van der Waals surface area contributed by atoms with E-state index in [2.05, 4.69) is 5.32 Å². The number of methoxy groups -OCH3 is 3. The van der Waals surface area contributed by atoms with Crippen molar-refractivity contribution in [2.45, 2.75) is 19.0 Å². The van der Waals surface area contributed by atoms with Crippen molar-refractivity contribution < 1.29 is 19.0 Å². The van der Waals surface area contributed by atoms with Crippen LogP contribution in [-0.4, -0.2) is 38.4 Å². The Hall–Kier alpha value is -3.58. The summed E-state index contributed by atoms with van der Waals surface area (Å²) < 4.78 is 17.0. The van der Waals surface area contributed by atoms with Crippen LogP contribution >= 0.6 is 0 Å². The fourth-order valence-corrected chi connectivity index (χ4v) is 3.36. The van der Waals surface area contributed by atoms with Gasteiger partial charge >= 0.3 is 0 Å². The molecule has 2 aromatic carbocycles. The summed E-state index contributed by atoms with van der Waals surface area (Å²) in [5.74, 6) is 1.26. The minimum atomic E-state index is -0.277. The van der Waals surface area contributed by atoms with Crippen LogP contribution < -0.4 is 20.3 Å². The summed E-state index contributed by atoms with van der Waals surface area (Å²) in [6, 6.07) is 18.0. The van der Waals surface area contributed by atoms with Gasteiger partial charge in [-0.3, -0.25) is 9.59 Å². The first kappa shape index (κ1) is 23.1. The average Bonchev–Trinajstić information content (AvgIpc) is 2.83. The monoisotopic (exact) mass is 436 g/mol. The second-order valence-electron chi connectivity index (χ2n) is 7.29. The van der Waals surface area contributed by atoms with E-state index in [0.29, 0.717) is 25.1 Å². The molecule has 0 radical (unpaired) electrons. The SMILES string of the molecule is COCCn1cc(C(=O)NC(Cc2ccc(OC)cc2)c2ccc(OC)cc2)ccc1=O. The maximum Gasteiger partial charge on any atom is 0.253 e. The molecule has 0 aliphatic rings. The van der Waals surface area contributed by atoms with Crippen LogP contribution in [0.3, 0.4) is 0 Å². The minimum Gasteiger partial charge on any atom is -0.497 e. The third-order valence-electron chi connectivity index (χ3n) is 5.20. The number of amides is 1. The van der Waals surface area contributed by atoms with Crippen LogP contribution in [0, 0.1) is 0 Å². The highest BCUT2D eigenvalue weighted by molar-refractivity contribution is 5.94. The van der Waals surface area contributed by atoms with Crippen molar-refractivity contribution in [3.63, 3.8) is 0 Å². The Balaban J connectivity index is 1.85. The van der Waals surface area contributed by atoms with Gasteiger partial charge in [-0.15, -0.1) is 0 Å². The first-order chi connectivity index (χ1) is 15.5. The Morgan fingerprint density at radius 2 is 1.53 bits per heavy atom. The molecule has 1 N–H and O–H groups in total. The van der Waals surface area contributed by atoms with Gasteiger partial charge in [0.25, 0.3) is 11.5 Å². The van der Waals surface area contributed by atoms with Gasteiger partial charge in [-0.1, -0.05) is 24.3 Å². The molecule has 0 fully saturated rings. The summed E-state index contributed by atoms with van der Waals surface area (Å²) >= 11 is 0. The van der Waals surface area contributed by atoms with Gasteiger partial charge in [0.05, 0.1) is 32.4 Å². The number of aromatic nitrogens is 1. The molecule has 3 aromatic rings. The van der Waals surface area contributed by atoms with Crippen molar-refractivity contribution in [1.82, 2.24) is 9.88 Å². The van der Waals surface area contributed by atoms with Gasteiger partial charge in [-0.05, 0) is 47.9 Å². The molecule has 0 aliphatic heterocycles. The van der Waals surface area contributed by atoms with Gasteiger partial charge in [0.15, 0.2) is 0 Å². The zero-order chi connectivity index (χ0) is 22.9. The lowest BCUT2D eigenvalue weighted by Crippen LogP contribution is -2.31. The van der Waals surface area contributed by atoms with Crippen LogP contribution in [-0.2, 0) is 17.7 Å². The van der Waals surface area contributed by atoms with E-state index in [9.17, 15) is 9.59 Å². The molecule has 1 amide bonds. The van der Waals surface area contributed by atoms with E-state index in [1.165, 1.54) is 10.6 Å². The number of benzene rings is 2. The molecule has 3 rings (SSSR count). The molecule has 7 nitrogen and oxygen atoms in total. The van der Waals surface area contributed by atoms with E-state index in [0.717, 1.165) is 22.6 Å². The van der Waals surface area contributed by atoms with Crippen molar-refractivity contribution in [2.75, 3.05) is 27.9 Å². The zero-order valence-corrected chi connectivity index (χ0v) is 18.5. The Morgan fingerprint density at radius 3 is 2.12 bits per heavy atom. The summed E-state index contributed by atoms with van der Waals surface area (Å²) in [7, 11) is 4.81. The molecule has 0 aliphatic carbocycles. The largest absolute Gasteiger partial charge is 0.497 e. The van der Waals surface area contributed by atoms with Crippen LogP contribution in [0.15, 0.2) is 71.7 Å². The van der Waals surface area contributed by atoms with Gasteiger partial charge in [0.2, 0.25) is 0 Å². The number of carbonyl (C=O) groups is 1. The molecule has 32 heavy (non-hydrogen) atoms. The molecule has 7 heteroatoms. The molecule has 0 spiro atoms. The lowest BCUT2D eigenvalue weighted by Gasteiger charge is -2.20. The van der Waals surface area contributed by atoms with E-state index >= 15 is 0 Å². The van der Waals surface area contributed by atoms with Crippen LogP contribution in [0.4, 0.5) is 0 Å². The van der Waals surface area contributed by atoms with Gasteiger partial charge < -0.3 is 24.1 Å². The van der Waals surface area contributed by atoms with Crippen molar-refractivity contribution >= 4 is 5.91 Å². The molecule has 0 saturated heterocycles. The van der Waals surface area contributed by atoms with Gasteiger partial charge in [0.1, 0.15) is 11.5 Å². The molecule has 0 saturated carbocycles. The van der Waals surface area contributed by atoms with Crippen LogP contribution in [0.2, 0.25) is 0 Å². The smallest absolute Gasteiger partial charge is 0.253 e. The van der Waals surface area contributed by atoms with E-state index in [4.69, 9.17) is 14.2 Å². The summed E-state index contributed by atoms with van der Waals surface area (Å²) in [6.07, 6.45) is 2.15. The number of hydrogen-bond acceptors (Lipinski definition) is 5. The Morgan fingerprint density at radius 1 is 0.906 bits per heavy atom. The zero-order valence-electron chi connectivity index (χ0n) is 18.5.